The highest BCUT2D eigenvalue weighted by molar-refractivity contribution is 5.38. The Balaban J connectivity index is 5.44. The molecular weight excluding hydrogens is 360 g/mol. The maximum absolute atomic E-state index is 2.44. The summed E-state index contributed by atoms with van der Waals surface area (Å²) < 4.78 is 0. The standard InChI is InChI=1S/C30H52/c1-6-10-14-17-19-21-24-28(5)30(27-23-18-15-11-7-2)29(25-20-13-9-4)26-22-16-12-8-3/h20-27,29H,6-19H2,1-5H3. The highest BCUT2D eigenvalue weighted by atomic mass is 14.1. The largest absolute Gasteiger partial charge is 0.0876 e. The number of allylic oxidation sites excluding steroid dienone is 10. The van der Waals surface area contributed by atoms with Gasteiger partial charge in [0.2, 0.25) is 0 Å². The third kappa shape index (κ3) is 16.5. The molecule has 1 atom stereocenters. The molecule has 1 unspecified atom stereocenters. The summed E-state index contributed by atoms with van der Waals surface area (Å²) >= 11 is 0. The van der Waals surface area contributed by atoms with E-state index in [1.54, 1.807) is 0 Å². The summed E-state index contributed by atoms with van der Waals surface area (Å²) in [7, 11) is 0. The van der Waals surface area contributed by atoms with Crippen molar-refractivity contribution in [3.63, 3.8) is 0 Å². The SMILES string of the molecule is CCCC=CC(C=CCCCC)C(C=CCCCCC)=C(C)C=CCCCCCC. The highest BCUT2D eigenvalue weighted by Gasteiger charge is 2.08. The molecule has 0 aromatic carbocycles. The number of hydrogen-bond acceptors (Lipinski definition) is 0. The zero-order valence-electron chi connectivity index (χ0n) is 21.1. The van der Waals surface area contributed by atoms with Crippen LogP contribution >= 0.6 is 0 Å². The molecule has 172 valence electrons. The summed E-state index contributed by atoms with van der Waals surface area (Å²) in [5.74, 6) is 0.389. The lowest BCUT2D eigenvalue weighted by Crippen LogP contribution is -1.99. The minimum absolute atomic E-state index is 0.389. The van der Waals surface area contributed by atoms with Gasteiger partial charge in [-0.3, -0.25) is 0 Å². The zero-order valence-corrected chi connectivity index (χ0v) is 21.1. The van der Waals surface area contributed by atoms with Crippen LogP contribution in [0.1, 0.15) is 125 Å². The van der Waals surface area contributed by atoms with E-state index in [2.05, 4.69) is 83.2 Å². The van der Waals surface area contributed by atoms with Crippen LogP contribution < -0.4 is 0 Å². The Kier molecular flexibility index (Phi) is 21.4. The molecule has 0 aromatic rings. The van der Waals surface area contributed by atoms with Crippen LogP contribution in [0.2, 0.25) is 0 Å². The van der Waals surface area contributed by atoms with Crippen molar-refractivity contribution >= 4 is 0 Å². The lowest BCUT2D eigenvalue weighted by molar-refractivity contribution is 0.674. The normalized spacial score (nSPS) is 14.6. The van der Waals surface area contributed by atoms with E-state index in [1.165, 1.54) is 101 Å². The van der Waals surface area contributed by atoms with E-state index in [1.807, 2.05) is 0 Å². The van der Waals surface area contributed by atoms with Crippen LogP contribution in [0.3, 0.4) is 0 Å². The molecule has 0 N–H and O–H groups in total. The molecule has 0 nitrogen and oxygen atoms in total. The first-order chi connectivity index (χ1) is 14.7. The summed E-state index contributed by atoms with van der Waals surface area (Å²) in [5, 5.41) is 0. The monoisotopic (exact) mass is 412 g/mol. The molecule has 30 heavy (non-hydrogen) atoms. The molecule has 0 fully saturated rings. The van der Waals surface area contributed by atoms with Gasteiger partial charge in [-0.15, -0.1) is 0 Å². The van der Waals surface area contributed by atoms with Gasteiger partial charge in [-0.05, 0) is 56.6 Å². The predicted octanol–water partition coefficient (Wildman–Crippen LogP) is 10.7. The van der Waals surface area contributed by atoms with Crippen LogP contribution in [-0.4, -0.2) is 0 Å². The molecule has 0 aliphatic carbocycles. The summed E-state index contributed by atoms with van der Waals surface area (Å²) in [6.45, 7) is 11.4. The van der Waals surface area contributed by atoms with Crippen LogP contribution in [0.5, 0.6) is 0 Å². The quantitative estimate of drug-likeness (QED) is 0.112. The number of hydrogen-bond donors (Lipinski definition) is 0. The number of unbranched alkanes of at least 4 members (excludes halogenated alkanes) is 10. The van der Waals surface area contributed by atoms with Crippen LogP contribution in [0.4, 0.5) is 0 Å². The molecule has 0 saturated heterocycles. The van der Waals surface area contributed by atoms with Gasteiger partial charge in [0.05, 0.1) is 0 Å². The molecule has 0 rings (SSSR count). The van der Waals surface area contributed by atoms with Gasteiger partial charge in [0.15, 0.2) is 0 Å². The Morgan fingerprint density at radius 2 is 1.07 bits per heavy atom. The molecule has 0 aromatic heterocycles. The van der Waals surface area contributed by atoms with Crippen molar-refractivity contribution in [2.24, 2.45) is 5.92 Å². The summed E-state index contributed by atoms with van der Waals surface area (Å²) in [5.41, 5.74) is 2.89. The third-order valence-electron chi connectivity index (χ3n) is 5.54. The fourth-order valence-electron chi connectivity index (χ4n) is 3.52. The second-order valence-electron chi connectivity index (χ2n) is 8.60. The van der Waals surface area contributed by atoms with Crippen molar-refractivity contribution < 1.29 is 0 Å². The van der Waals surface area contributed by atoms with E-state index in [0.29, 0.717) is 5.92 Å². The first-order valence-corrected chi connectivity index (χ1v) is 13.1. The maximum atomic E-state index is 2.44. The summed E-state index contributed by atoms with van der Waals surface area (Å²) in [6.07, 6.45) is 37.0. The molecular formula is C30H52. The van der Waals surface area contributed by atoms with Gasteiger partial charge in [-0.1, -0.05) is 128 Å². The van der Waals surface area contributed by atoms with Gasteiger partial charge in [-0.2, -0.15) is 0 Å². The average Bonchev–Trinajstić information content (AvgIpc) is 2.75. The molecule has 0 heterocycles. The minimum atomic E-state index is 0.389. The van der Waals surface area contributed by atoms with E-state index in [-0.39, 0.29) is 0 Å². The van der Waals surface area contributed by atoms with Crippen molar-refractivity contribution in [2.45, 2.75) is 125 Å². The van der Waals surface area contributed by atoms with Crippen molar-refractivity contribution in [1.29, 1.82) is 0 Å². The van der Waals surface area contributed by atoms with Crippen LogP contribution in [0.25, 0.3) is 0 Å². The van der Waals surface area contributed by atoms with E-state index < -0.39 is 0 Å². The molecule has 0 heteroatoms. The van der Waals surface area contributed by atoms with Crippen LogP contribution in [0, 0.1) is 5.92 Å². The van der Waals surface area contributed by atoms with Gasteiger partial charge in [0.25, 0.3) is 0 Å². The predicted molar refractivity (Wildman–Crippen MR) is 140 cm³/mol. The number of rotatable bonds is 19. The smallest absolute Gasteiger partial charge is 0.0201 e. The topological polar surface area (TPSA) is 0 Å². The Hall–Kier alpha value is -1.30. The Bertz CT molecular complexity index is 512. The summed E-state index contributed by atoms with van der Waals surface area (Å²) in [4.78, 5) is 0. The molecule has 0 bridgehead atoms. The first kappa shape index (κ1) is 28.7. The second-order valence-corrected chi connectivity index (χ2v) is 8.60. The molecule has 0 aliphatic rings. The van der Waals surface area contributed by atoms with Crippen molar-refractivity contribution in [2.75, 3.05) is 0 Å². The van der Waals surface area contributed by atoms with Gasteiger partial charge >= 0.3 is 0 Å². The Morgan fingerprint density at radius 3 is 1.70 bits per heavy atom. The first-order valence-electron chi connectivity index (χ1n) is 13.1. The molecule has 0 spiro atoms. The Labute approximate surface area is 190 Å². The van der Waals surface area contributed by atoms with Crippen molar-refractivity contribution in [1.82, 2.24) is 0 Å². The maximum Gasteiger partial charge on any atom is 0.0201 e. The van der Waals surface area contributed by atoms with Gasteiger partial charge in [-0.25, -0.2) is 0 Å². The van der Waals surface area contributed by atoms with E-state index in [4.69, 9.17) is 0 Å². The van der Waals surface area contributed by atoms with E-state index in [0.717, 1.165) is 0 Å². The van der Waals surface area contributed by atoms with Gasteiger partial charge in [0, 0.05) is 5.92 Å². The van der Waals surface area contributed by atoms with Crippen molar-refractivity contribution in [3.05, 3.63) is 59.8 Å². The molecule has 0 amide bonds. The van der Waals surface area contributed by atoms with Crippen molar-refractivity contribution in [3.8, 4) is 0 Å². The fraction of sp³-hybridized carbons (Fsp3) is 0.667. The second kappa shape index (κ2) is 22.4. The lowest BCUT2D eigenvalue weighted by Gasteiger charge is -2.14. The lowest BCUT2D eigenvalue weighted by atomic mass is 9.91. The third-order valence-corrected chi connectivity index (χ3v) is 5.54. The average molecular weight is 413 g/mol. The molecule has 0 aliphatic heterocycles. The van der Waals surface area contributed by atoms with Gasteiger partial charge in [0.1, 0.15) is 0 Å². The Morgan fingerprint density at radius 1 is 0.533 bits per heavy atom. The summed E-state index contributed by atoms with van der Waals surface area (Å²) in [6, 6.07) is 0. The van der Waals surface area contributed by atoms with E-state index in [9.17, 15) is 0 Å². The van der Waals surface area contributed by atoms with Crippen LogP contribution in [-0.2, 0) is 0 Å². The highest BCUT2D eigenvalue weighted by Crippen LogP contribution is 2.23. The van der Waals surface area contributed by atoms with E-state index >= 15 is 0 Å². The molecule has 0 radical (unpaired) electrons. The minimum Gasteiger partial charge on any atom is -0.0876 e. The fourth-order valence-corrected chi connectivity index (χ4v) is 3.52. The van der Waals surface area contributed by atoms with Gasteiger partial charge < -0.3 is 0 Å². The van der Waals surface area contributed by atoms with Crippen LogP contribution in [0.15, 0.2) is 59.8 Å². The molecule has 0 saturated carbocycles. The zero-order chi connectivity index (χ0) is 22.3.